The Balaban J connectivity index is 2.37. The Kier molecular flexibility index (Phi) is 4.30. The Morgan fingerprint density at radius 3 is 2.32 bits per heavy atom. The van der Waals surface area contributed by atoms with Crippen molar-refractivity contribution in [1.29, 1.82) is 0 Å². The summed E-state index contributed by atoms with van der Waals surface area (Å²) in [7, 11) is 0. The summed E-state index contributed by atoms with van der Waals surface area (Å²) < 4.78 is 0. The number of hydrogen-bond donors (Lipinski definition) is 2. The minimum absolute atomic E-state index is 0.0494. The van der Waals surface area contributed by atoms with E-state index in [1.807, 2.05) is 30.3 Å². The number of hydrogen-bond acceptors (Lipinski definition) is 3. The van der Waals surface area contributed by atoms with Crippen LogP contribution in [0.15, 0.2) is 47.6 Å². The third kappa shape index (κ3) is 3.00. The van der Waals surface area contributed by atoms with Crippen LogP contribution in [0, 0.1) is 0 Å². The molecule has 0 aliphatic carbocycles. The van der Waals surface area contributed by atoms with E-state index >= 15 is 0 Å². The standard InChI is InChI=1S/C14H11Cl2NO2/c15-13-10(6-7-12(18)14(13)16)11(17-19)8-9-4-2-1-3-5-9/h1-7,18-19H,8H2. The fourth-order valence-electron chi connectivity index (χ4n) is 1.74. The quantitative estimate of drug-likeness (QED) is 0.508. The fraction of sp³-hybridized carbons (Fsp3) is 0.0714. The van der Waals surface area contributed by atoms with Crippen molar-refractivity contribution < 1.29 is 10.3 Å². The summed E-state index contributed by atoms with van der Waals surface area (Å²) in [4.78, 5) is 0. The average molecular weight is 296 g/mol. The second-order valence-electron chi connectivity index (χ2n) is 3.97. The Bertz CT molecular complexity index is 612. The van der Waals surface area contributed by atoms with Crippen LogP contribution in [0.4, 0.5) is 0 Å². The van der Waals surface area contributed by atoms with Crippen molar-refractivity contribution in [3.8, 4) is 5.75 Å². The van der Waals surface area contributed by atoms with Gasteiger partial charge in [-0.1, -0.05) is 58.7 Å². The van der Waals surface area contributed by atoms with Crippen LogP contribution in [-0.4, -0.2) is 16.0 Å². The van der Waals surface area contributed by atoms with E-state index in [9.17, 15) is 5.11 Å². The second-order valence-corrected chi connectivity index (χ2v) is 4.73. The molecule has 0 saturated carbocycles. The molecule has 0 heterocycles. The van der Waals surface area contributed by atoms with Gasteiger partial charge in [-0.15, -0.1) is 0 Å². The molecule has 0 aliphatic rings. The van der Waals surface area contributed by atoms with Crippen LogP contribution < -0.4 is 0 Å². The van der Waals surface area contributed by atoms with Crippen LogP contribution >= 0.6 is 23.2 Å². The van der Waals surface area contributed by atoms with Crippen molar-refractivity contribution in [3.63, 3.8) is 0 Å². The van der Waals surface area contributed by atoms with Gasteiger partial charge in [0.1, 0.15) is 10.8 Å². The molecular weight excluding hydrogens is 285 g/mol. The van der Waals surface area contributed by atoms with Gasteiger partial charge in [0, 0.05) is 12.0 Å². The molecule has 0 spiro atoms. The Morgan fingerprint density at radius 1 is 1.00 bits per heavy atom. The van der Waals surface area contributed by atoms with Gasteiger partial charge >= 0.3 is 0 Å². The summed E-state index contributed by atoms with van der Waals surface area (Å²) in [6, 6.07) is 12.5. The molecule has 2 aromatic carbocycles. The lowest BCUT2D eigenvalue weighted by Gasteiger charge is -2.09. The van der Waals surface area contributed by atoms with Crippen molar-refractivity contribution in [2.24, 2.45) is 5.16 Å². The first kappa shape index (κ1) is 13.7. The molecule has 0 aromatic heterocycles. The van der Waals surface area contributed by atoms with Crippen LogP contribution in [0.2, 0.25) is 10.0 Å². The maximum Gasteiger partial charge on any atom is 0.135 e. The molecule has 0 unspecified atom stereocenters. The second kappa shape index (κ2) is 5.95. The van der Waals surface area contributed by atoms with Gasteiger partial charge in [-0.25, -0.2) is 0 Å². The molecule has 0 radical (unpaired) electrons. The van der Waals surface area contributed by atoms with Crippen LogP contribution in [0.25, 0.3) is 0 Å². The Morgan fingerprint density at radius 2 is 1.68 bits per heavy atom. The molecular formula is C14H11Cl2NO2. The molecule has 0 atom stereocenters. The van der Waals surface area contributed by atoms with Crippen molar-refractivity contribution in [3.05, 3.63) is 63.6 Å². The number of rotatable bonds is 3. The summed E-state index contributed by atoms with van der Waals surface area (Å²) in [5.41, 5.74) is 1.87. The summed E-state index contributed by atoms with van der Waals surface area (Å²) in [6.07, 6.45) is 0.415. The lowest BCUT2D eigenvalue weighted by atomic mass is 10.0. The van der Waals surface area contributed by atoms with Gasteiger partial charge in [0.15, 0.2) is 0 Å². The molecule has 0 aliphatic heterocycles. The van der Waals surface area contributed by atoms with E-state index in [0.29, 0.717) is 17.7 Å². The van der Waals surface area contributed by atoms with E-state index in [1.165, 1.54) is 6.07 Å². The highest BCUT2D eigenvalue weighted by Gasteiger charge is 2.15. The highest BCUT2D eigenvalue weighted by Crippen LogP contribution is 2.34. The van der Waals surface area contributed by atoms with Gasteiger partial charge < -0.3 is 10.3 Å². The summed E-state index contributed by atoms with van der Waals surface area (Å²) >= 11 is 11.9. The zero-order valence-corrected chi connectivity index (χ0v) is 11.4. The van der Waals surface area contributed by atoms with Gasteiger partial charge in [-0.3, -0.25) is 0 Å². The van der Waals surface area contributed by atoms with Gasteiger partial charge in [0.05, 0.1) is 10.7 Å². The number of phenolic OH excluding ortho intramolecular Hbond substituents is 1. The monoisotopic (exact) mass is 295 g/mol. The van der Waals surface area contributed by atoms with Gasteiger partial charge in [0.25, 0.3) is 0 Å². The van der Waals surface area contributed by atoms with Crippen molar-refractivity contribution in [2.75, 3.05) is 0 Å². The number of nitrogens with zero attached hydrogens (tertiary/aromatic N) is 1. The van der Waals surface area contributed by atoms with E-state index in [2.05, 4.69) is 5.16 Å². The Labute approximate surface area is 120 Å². The molecule has 98 valence electrons. The van der Waals surface area contributed by atoms with Crippen LogP contribution in [0.1, 0.15) is 11.1 Å². The first-order valence-corrected chi connectivity index (χ1v) is 6.31. The first-order chi connectivity index (χ1) is 9.13. The zero-order chi connectivity index (χ0) is 13.8. The summed E-state index contributed by atoms with van der Waals surface area (Å²) in [6.45, 7) is 0. The average Bonchev–Trinajstić information content (AvgIpc) is 2.44. The SMILES string of the molecule is ON=C(Cc1ccccc1)c1ccc(O)c(Cl)c1Cl. The van der Waals surface area contributed by atoms with Gasteiger partial charge in [-0.05, 0) is 17.7 Å². The lowest BCUT2D eigenvalue weighted by Crippen LogP contribution is -2.06. The van der Waals surface area contributed by atoms with Gasteiger partial charge in [0.2, 0.25) is 0 Å². The molecule has 2 N–H and O–H groups in total. The predicted octanol–water partition coefficient (Wildman–Crippen LogP) is 4.12. The predicted molar refractivity (Wildman–Crippen MR) is 76.6 cm³/mol. The molecule has 3 nitrogen and oxygen atoms in total. The molecule has 0 fully saturated rings. The van der Waals surface area contributed by atoms with Crippen LogP contribution in [-0.2, 0) is 6.42 Å². The van der Waals surface area contributed by atoms with Crippen molar-refractivity contribution in [2.45, 2.75) is 6.42 Å². The first-order valence-electron chi connectivity index (χ1n) is 5.55. The molecule has 5 heteroatoms. The minimum Gasteiger partial charge on any atom is -0.506 e. The normalized spacial score (nSPS) is 11.6. The molecule has 0 saturated heterocycles. The van der Waals surface area contributed by atoms with E-state index in [-0.39, 0.29) is 15.8 Å². The summed E-state index contributed by atoms with van der Waals surface area (Å²) in [5.74, 6) is -0.104. The number of phenols is 1. The maximum atomic E-state index is 9.45. The topological polar surface area (TPSA) is 52.8 Å². The number of halogens is 2. The van der Waals surface area contributed by atoms with E-state index in [0.717, 1.165) is 5.56 Å². The number of oxime groups is 1. The highest BCUT2D eigenvalue weighted by molar-refractivity contribution is 6.45. The third-order valence-corrected chi connectivity index (χ3v) is 3.58. The van der Waals surface area contributed by atoms with Crippen LogP contribution in [0.3, 0.4) is 0 Å². The van der Waals surface area contributed by atoms with Crippen molar-refractivity contribution >= 4 is 28.9 Å². The zero-order valence-electron chi connectivity index (χ0n) is 9.85. The smallest absolute Gasteiger partial charge is 0.135 e. The van der Waals surface area contributed by atoms with Crippen LogP contribution in [0.5, 0.6) is 5.75 Å². The summed E-state index contributed by atoms with van der Waals surface area (Å²) in [5, 5.41) is 22.1. The van der Waals surface area contributed by atoms with Gasteiger partial charge in [-0.2, -0.15) is 0 Å². The molecule has 0 amide bonds. The molecule has 19 heavy (non-hydrogen) atoms. The van der Waals surface area contributed by atoms with E-state index < -0.39 is 0 Å². The fourth-order valence-corrected chi connectivity index (χ4v) is 2.17. The van der Waals surface area contributed by atoms with E-state index in [4.69, 9.17) is 28.4 Å². The third-order valence-electron chi connectivity index (χ3n) is 2.71. The molecule has 2 rings (SSSR count). The lowest BCUT2D eigenvalue weighted by molar-refractivity contribution is 0.318. The number of aromatic hydroxyl groups is 1. The highest BCUT2D eigenvalue weighted by atomic mass is 35.5. The maximum absolute atomic E-state index is 9.45. The van der Waals surface area contributed by atoms with E-state index in [1.54, 1.807) is 6.07 Å². The largest absolute Gasteiger partial charge is 0.506 e. The van der Waals surface area contributed by atoms with Crippen molar-refractivity contribution in [1.82, 2.24) is 0 Å². The Hall–Kier alpha value is -1.71. The number of benzene rings is 2. The molecule has 0 bridgehead atoms. The minimum atomic E-state index is -0.104. The molecule has 2 aromatic rings.